The first kappa shape index (κ1) is 28.7. The van der Waals surface area contributed by atoms with Crippen LogP contribution in [0.2, 0.25) is 0 Å². The van der Waals surface area contributed by atoms with Crippen LogP contribution in [0.15, 0.2) is 22.2 Å². The van der Waals surface area contributed by atoms with Crippen LogP contribution in [0, 0.1) is 5.82 Å². The van der Waals surface area contributed by atoms with Gasteiger partial charge in [-0.25, -0.2) is 4.39 Å². The van der Waals surface area contributed by atoms with Gasteiger partial charge in [0.05, 0.1) is 59.9 Å². The molecule has 0 saturated carbocycles. The Bertz CT molecular complexity index is 1200. The molecular weight excluding hydrogens is 545 g/mol. The Hall–Kier alpha value is -2.85. The molecule has 37 heavy (non-hydrogen) atoms. The van der Waals surface area contributed by atoms with E-state index in [0.29, 0.717) is 47.2 Å². The number of methoxy groups -OCH3 is 2. The van der Waals surface area contributed by atoms with Crippen LogP contribution in [0.4, 0.5) is 10.1 Å². The number of benzene rings is 2. The number of rotatable bonds is 11. The molecule has 2 aromatic carbocycles. The molecule has 2 aromatic rings. The smallest absolute Gasteiger partial charge is 0.197 e. The van der Waals surface area contributed by atoms with Crippen LogP contribution < -0.4 is 19.1 Å². The topological polar surface area (TPSA) is 72.8 Å². The van der Waals surface area contributed by atoms with Crippen molar-refractivity contribution in [1.82, 2.24) is 4.90 Å². The number of amidine groups is 1. The molecule has 0 fully saturated rings. The largest absolute Gasteiger partial charge is 0.494 e. The number of hydrogen-bond donors (Lipinski definition) is 0. The minimum atomic E-state index is -0.701. The molecule has 0 aromatic heterocycles. The lowest BCUT2D eigenvalue weighted by Gasteiger charge is -2.29. The van der Waals surface area contributed by atoms with Crippen molar-refractivity contribution < 1.29 is 28.1 Å². The zero-order valence-corrected chi connectivity index (χ0v) is 24.3. The molecule has 10 heteroatoms. The van der Waals surface area contributed by atoms with Gasteiger partial charge in [0.1, 0.15) is 11.6 Å². The summed E-state index contributed by atoms with van der Waals surface area (Å²) >= 11 is 3.13. The van der Waals surface area contributed by atoms with Crippen LogP contribution in [0.1, 0.15) is 54.7 Å². The predicted octanol–water partition coefficient (Wildman–Crippen LogP) is 5.33. The van der Waals surface area contributed by atoms with Crippen LogP contribution in [0.25, 0.3) is 0 Å². The van der Waals surface area contributed by atoms with Gasteiger partial charge >= 0.3 is 0 Å². The molecule has 202 valence electrons. The molecule has 1 aliphatic rings. The van der Waals surface area contributed by atoms with Crippen molar-refractivity contribution in [2.75, 3.05) is 53.0 Å². The van der Waals surface area contributed by atoms with E-state index in [-0.39, 0.29) is 24.7 Å². The predicted molar refractivity (Wildman–Crippen MR) is 146 cm³/mol. The Morgan fingerprint density at radius 1 is 1.14 bits per heavy atom. The average Bonchev–Trinajstić information content (AvgIpc) is 3.22. The van der Waals surface area contributed by atoms with E-state index in [9.17, 15) is 4.79 Å². The number of carbonyl (C=O) groups is 1. The molecule has 0 aliphatic carbocycles. The van der Waals surface area contributed by atoms with Crippen LogP contribution in [0.3, 0.4) is 0 Å². The summed E-state index contributed by atoms with van der Waals surface area (Å²) in [7, 11) is 6.99. The van der Waals surface area contributed by atoms with Gasteiger partial charge in [-0.3, -0.25) is 4.79 Å². The molecule has 3 rings (SSSR count). The van der Waals surface area contributed by atoms with Gasteiger partial charge in [-0.05, 0) is 51.5 Å². The fourth-order valence-electron chi connectivity index (χ4n) is 4.37. The number of halogens is 2. The highest BCUT2D eigenvalue weighted by Gasteiger charge is 2.35. The van der Waals surface area contributed by atoms with Gasteiger partial charge in [0.2, 0.25) is 0 Å². The Morgan fingerprint density at radius 2 is 1.81 bits per heavy atom. The molecule has 0 bridgehead atoms. The monoisotopic (exact) mass is 579 g/mol. The number of nitrogens with zero attached hydrogens (tertiary/aromatic N) is 3. The molecule has 0 atom stereocenters. The van der Waals surface area contributed by atoms with Crippen molar-refractivity contribution in [1.29, 1.82) is 0 Å². The van der Waals surface area contributed by atoms with Gasteiger partial charge < -0.3 is 28.7 Å². The highest BCUT2D eigenvalue weighted by atomic mass is 79.9. The maximum absolute atomic E-state index is 15.6. The summed E-state index contributed by atoms with van der Waals surface area (Å²) in [6.07, 6.45) is 0. The minimum absolute atomic E-state index is 0.0153. The number of Topliss-reactive ketones (excluding diaryl/α,β-unsaturated/α-hetero) is 1. The fourth-order valence-corrected chi connectivity index (χ4v) is 4.78. The summed E-state index contributed by atoms with van der Waals surface area (Å²) in [5.74, 6) is 0.625. The molecule has 0 unspecified atom stereocenters. The van der Waals surface area contributed by atoms with Crippen LogP contribution in [0.5, 0.6) is 17.2 Å². The summed E-state index contributed by atoms with van der Waals surface area (Å²) in [5.41, 5.74) is 2.25. The second-order valence-electron chi connectivity index (χ2n) is 9.29. The zero-order chi connectivity index (χ0) is 27.5. The Balaban J connectivity index is 2.02. The molecule has 0 N–H and O–H groups in total. The van der Waals surface area contributed by atoms with Gasteiger partial charge in [0, 0.05) is 38.9 Å². The third kappa shape index (κ3) is 5.55. The quantitative estimate of drug-likeness (QED) is 0.333. The average molecular weight is 580 g/mol. The van der Waals surface area contributed by atoms with Crippen molar-refractivity contribution in [3.63, 3.8) is 0 Å². The molecule has 0 spiro atoms. The van der Waals surface area contributed by atoms with Crippen LogP contribution in [-0.2, 0) is 16.9 Å². The second kappa shape index (κ2) is 11.7. The van der Waals surface area contributed by atoms with E-state index in [2.05, 4.69) is 20.2 Å². The Kier molecular flexibility index (Phi) is 9.07. The van der Waals surface area contributed by atoms with E-state index in [1.165, 1.54) is 0 Å². The van der Waals surface area contributed by atoms with E-state index >= 15 is 4.39 Å². The third-order valence-corrected chi connectivity index (χ3v) is 6.73. The number of carbonyl (C=O) groups excluding carboxylic acids is 1. The third-order valence-electron chi connectivity index (χ3n) is 6.39. The van der Waals surface area contributed by atoms with Crippen molar-refractivity contribution in [3.05, 3.63) is 46.3 Å². The second-order valence-corrected chi connectivity index (χ2v) is 9.65. The molecule has 0 radical (unpaired) electrons. The van der Waals surface area contributed by atoms with Gasteiger partial charge in [-0.1, -0.05) is 0 Å². The first-order chi connectivity index (χ1) is 17.5. The molecule has 0 saturated heterocycles. The molecule has 1 aliphatic heterocycles. The maximum atomic E-state index is 15.6. The van der Waals surface area contributed by atoms with Crippen molar-refractivity contribution in [3.8, 4) is 17.2 Å². The molecule has 1 heterocycles. The van der Waals surface area contributed by atoms with E-state index in [1.54, 1.807) is 44.2 Å². The zero-order valence-electron chi connectivity index (χ0n) is 22.7. The fraction of sp³-hybridized carbons (Fsp3) is 0.481. The van der Waals surface area contributed by atoms with E-state index in [4.69, 9.17) is 18.9 Å². The Labute approximate surface area is 226 Å². The van der Waals surface area contributed by atoms with Gasteiger partial charge in [0.25, 0.3) is 0 Å². The number of hydrogen-bond acceptors (Lipinski definition) is 7. The van der Waals surface area contributed by atoms with Gasteiger partial charge in [-0.15, -0.1) is 0 Å². The summed E-state index contributed by atoms with van der Waals surface area (Å²) in [4.78, 5) is 17.2. The minimum Gasteiger partial charge on any atom is -0.494 e. The highest BCUT2D eigenvalue weighted by Crippen LogP contribution is 2.41. The van der Waals surface area contributed by atoms with E-state index in [0.717, 1.165) is 11.3 Å². The summed E-state index contributed by atoms with van der Waals surface area (Å²) in [6, 6.07) is 5.35. The van der Waals surface area contributed by atoms with E-state index < -0.39 is 11.4 Å². The lowest BCUT2D eigenvalue weighted by atomic mass is 9.92. The molecular formula is C27H35BrFN3O5. The summed E-state index contributed by atoms with van der Waals surface area (Å²) in [5, 5.41) is 0. The standard InChI is InChI=1S/C27H35BrFN3O5/c1-9-36-21-13-17-14-32(26(30-28)22(17)23(29)25(21)37-10-2)15-20(33)16-11-18(27(3,4)35-8)24(34-7)19(12-16)31(5)6/h11-13H,9-10,14-15H2,1-8H3. The van der Waals surface area contributed by atoms with Crippen molar-refractivity contribution >= 4 is 33.5 Å². The Morgan fingerprint density at radius 3 is 2.35 bits per heavy atom. The molecule has 0 amide bonds. The van der Waals surface area contributed by atoms with Gasteiger partial charge in [0.15, 0.2) is 23.1 Å². The SMILES string of the molecule is CCOc1cc2c(c(F)c1OCC)C(=NBr)N(CC(=O)c1cc(N(C)C)c(OC)c(C(C)(C)OC)c1)C2. The number of ketones is 1. The molecule has 8 nitrogen and oxygen atoms in total. The van der Waals surface area contributed by atoms with Gasteiger partial charge in [-0.2, -0.15) is 4.02 Å². The van der Waals surface area contributed by atoms with Crippen molar-refractivity contribution in [2.24, 2.45) is 4.02 Å². The number of ether oxygens (including phenoxy) is 4. The maximum Gasteiger partial charge on any atom is 0.197 e. The summed E-state index contributed by atoms with van der Waals surface area (Å²) in [6.45, 7) is 8.37. The number of anilines is 1. The van der Waals surface area contributed by atoms with Crippen molar-refractivity contribution in [2.45, 2.75) is 39.8 Å². The first-order valence-corrected chi connectivity index (χ1v) is 12.8. The normalized spacial score (nSPS) is 14.1. The lowest BCUT2D eigenvalue weighted by molar-refractivity contribution is 0.0173. The van der Waals surface area contributed by atoms with Crippen LogP contribution >= 0.6 is 16.1 Å². The van der Waals surface area contributed by atoms with Crippen LogP contribution in [-0.4, -0.2) is 64.6 Å². The van der Waals surface area contributed by atoms with E-state index in [1.807, 2.05) is 39.8 Å². The lowest BCUT2D eigenvalue weighted by Crippen LogP contribution is -2.31. The summed E-state index contributed by atoms with van der Waals surface area (Å²) < 4.78 is 42.4. The number of fused-ring (bicyclic) bond motifs is 1. The first-order valence-electron chi connectivity index (χ1n) is 12.1. The highest BCUT2D eigenvalue weighted by molar-refractivity contribution is 9.08.